The SMILES string of the molecule is O=[N+]([O-])C1CCc2cc(O)ccc21. The molecular formula is C9H9NO3. The normalized spacial score (nSPS) is 19.8. The smallest absolute Gasteiger partial charge is 0.238 e. The molecule has 0 saturated heterocycles. The van der Waals surface area contributed by atoms with Gasteiger partial charge in [-0.3, -0.25) is 10.1 Å². The van der Waals surface area contributed by atoms with Gasteiger partial charge in [-0.05, 0) is 30.2 Å². The fourth-order valence-corrected chi connectivity index (χ4v) is 1.80. The first-order valence-electron chi connectivity index (χ1n) is 4.14. The molecule has 0 spiro atoms. The van der Waals surface area contributed by atoms with E-state index in [1.807, 2.05) is 0 Å². The fourth-order valence-electron chi connectivity index (χ4n) is 1.80. The number of nitrogens with zero attached hydrogens (tertiary/aromatic N) is 1. The van der Waals surface area contributed by atoms with E-state index < -0.39 is 6.04 Å². The Balaban J connectivity index is 2.44. The summed E-state index contributed by atoms with van der Waals surface area (Å²) in [6.45, 7) is 0. The van der Waals surface area contributed by atoms with Crippen molar-refractivity contribution in [1.29, 1.82) is 0 Å². The van der Waals surface area contributed by atoms with E-state index in [4.69, 9.17) is 5.11 Å². The second kappa shape index (κ2) is 2.73. The van der Waals surface area contributed by atoms with Gasteiger partial charge >= 0.3 is 0 Å². The van der Waals surface area contributed by atoms with Crippen LogP contribution in [0.5, 0.6) is 5.75 Å². The summed E-state index contributed by atoms with van der Waals surface area (Å²) in [5.41, 5.74) is 1.66. The highest BCUT2D eigenvalue weighted by atomic mass is 16.6. The van der Waals surface area contributed by atoms with Crippen molar-refractivity contribution in [3.05, 3.63) is 39.4 Å². The third kappa shape index (κ3) is 1.24. The molecule has 0 saturated carbocycles. The first-order chi connectivity index (χ1) is 6.18. The molecule has 0 aliphatic heterocycles. The maximum absolute atomic E-state index is 10.6. The lowest BCUT2D eigenvalue weighted by Crippen LogP contribution is -2.05. The lowest BCUT2D eigenvalue weighted by Gasteiger charge is -2.02. The van der Waals surface area contributed by atoms with Gasteiger partial charge in [-0.25, -0.2) is 0 Å². The summed E-state index contributed by atoms with van der Waals surface area (Å²) in [5.74, 6) is 0.183. The van der Waals surface area contributed by atoms with Crippen molar-refractivity contribution in [2.75, 3.05) is 0 Å². The average molecular weight is 179 g/mol. The van der Waals surface area contributed by atoms with E-state index >= 15 is 0 Å². The van der Waals surface area contributed by atoms with Crippen molar-refractivity contribution in [2.24, 2.45) is 0 Å². The Morgan fingerprint density at radius 2 is 2.31 bits per heavy atom. The third-order valence-corrected chi connectivity index (χ3v) is 2.43. The number of phenols is 1. The topological polar surface area (TPSA) is 63.4 Å². The van der Waals surface area contributed by atoms with Crippen molar-refractivity contribution in [3.8, 4) is 5.75 Å². The summed E-state index contributed by atoms with van der Waals surface area (Å²) >= 11 is 0. The molecule has 0 fully saturated rings. The van der Waals surface area contributed by atoms with E-state index in [0.717, 1.165) is 11.1 Å². The Bertz CT molecular complexity index is 362. The molecule has 1 aromatic carbocycles. The second-order valence-corrected chi connectivity index (χ2v) is 3.22. The molecule has 0 heterocycles. The monoisotopic (exact) mass is 179 g/mol. The van der Waals surface area contributed by atoms with E-state index in [-0.39, 0.29) is 10.7 Å². The van der Waals surface area contributed by atoms with Gasteiger partial charge in [0.05, 0.1) is 0 Å². The van der Waals surface area contributed by atoms with Crippen molar-refractivity contribution < 1.29 is 10.0 Å². The highest BCUT2D eigenvalue weighted by Gasteiger charge is 2.31. The Morgan fingerprint density at radius 3 is 3.00 bits per heavy atom. The van der Waals surface area contributed by atoms with Gasteiger partial charge in [0.25, 0.3) is 0 Å². The molecule has 0 amide bonds. The zero-order valence-electron chi connectivity index (χ0n) is 6.93. The lowest BCUT2D eigenvalue weighted by atomic mass is 10.1. The highest BCUT2D eigenvalue weighted by molar-refractivity contribution is 5.39. The van der Waals surface area contributed by atoms with Gasteiger partial charge in [-0.15, -0.1) is 0 Å². The second-order valence-electron chi connectivity index (χ2n) is 3.22. The molecular weight excluding hydrogens is 170 g/mol. The van der Waals surface area contributed by atoms with Crippen molar-refractivity contribution in [3.63, 3.8) is 0 Å². The van der Waals surface area contributed by atoms with E-state index in [0.29, 0.717) is 12.8 Å². The maximum Gasteiger partial charge on any atom is 0.238 e. The minimum Gasteiger partial charge on any atom is -0.508 e. The van der Waals surface area contributed by atoms with E-state index in [1.165, 1.54) is 6.07 Å². The largest absolute Gasteiger partial charge is 0.508 e. The Kier molecular flexibility index (Phi) is 1.69. The van der Waals surface area contributed by atoms with Crippen molar-refractivity contribution >= 4 is 0 Å². The van der Waals surface area contributed by atoms with Gasteiger partial charge in [0.2, 0.25) is 6.04 Å². The van der Waals surface area contributed by atoms with Crippen LogP contribution in [0.1, 0.15) is 23.6 Å². The Hall–Kier alpha value is -1.58. The summed E-state index contributed by atoms with van der Waals surface area (Å²) < 4.78 is 0. The summed E-state index contributed by atoms with van der Waals surface area (Å²) in [5, 5.41) is 19.7. The van der Waals surface area contributed by atoms with Crippen LogP contribution in [0.25, 0.3) is 0 Å². The number of phenolic OH excluding ortho intramolecular Hbond substituents is 1. The van der Waals surface area contributed by atoms with Crippen LogP contribution >= 0.6 is 0 Å². The molecule has 1 atom stereocenters. The number of aromatic hydroxyl groups is 1. The highest BCUT2D eigenvalue weighted by Crippen LogP contribution is 2.34. The van der Waals surface area contributed by atoms with Gasteiger partial charge < -0.3 is 5.11 Å². The predicted molar refractivity (Wildman–Crippen MR) is 46.2 cm³/mol. The molecule has 1 aliphatic rings. The molecule has 0 aromatic heterocycles. The molecule has 0 radical (unpaired) electrons. The number of hydrogen-bond acceptors (Lipinski definition) is 3. The van der Waals surface area contributed by atoms with Crippen LogP contribution in [0.4, 0.5) is 0 Å². The standard InChI is InChI=1S/C9H9NO3/c11-7-2-3-8-6(5-7)1-4-9(8)10(12)13/h2-3,5,9,11H,1,4H2. The Labute approximate surface area is 75.0 Å². The summed E-state index contributed by atoms with van der Waals surface area (Å²) in [6, 6.07) is 4.18. The maximum atomic E-state index is 10.6. The Morgan fingerprint density at radius 1 is 1.54 bits per heavy atom. The molecule has 1 aromatic rings. The number of rotatable bonds is 1. The molecule has 1 N–H and O–H groups in total. The third-order valence-electron chi connectivity index (χ3n) is 2.43. The molecule has 0 bridgehead atoms. The molecule has 13 heavy (non-hydrogen) atoms. The first-order valence-corrected chi connectivity index (χ1v) is 4.14. The van der Waals surface area contributed by atoms with Crippen LogP contribution < -0.4 is 0 Å². The number of nitro groups is 1. The fraction of sp³-hybridized carbons (Fsp3) is 0.333. The lowest BCUT2D eigenvalue weighted by molar-refractivity contribution is -0.528. The quantitative estimate of drug-likeness (QED) is 0.526. The minimum absolute atomic E-state index is 0.183. The number of fused-ring (bicyclic) bond motifs is 1. The van der Waals surface area contributed by atoms with Crippen LogP contribution in [0.3, 0.4) is 0 Å². The van der Waals surface area contributed by atoms with Gasteiger partial charge in [0.1, 0.15) is 5.75 Å². The molecule has 68 valence electrons. The van der Waals surface area contributed by atoms with Crippen LogP contribution in [0.15, 0.2) is 18.2 Å². The molecule has 4 heteroatoms. The van der Waals surface area contributed by atoms with Gasteiger partial charge in [-0.1, -0.05) is 0 Å². The number of hydrogen-bond donors (Lipinski definition) is 1. The van der Waals surface area contributed by atoms with Crippen molar-refractivity contribution in [1.82, 2.24) is 0 Å². The van der Waals surface area contributed by atoms with E-state index in [1.54, 1.807) is 12.1 Å². The average Bonchev–Trinajstić information content (AvgIpc) is 2.46. The predicted octanol–water partition coefficient (Wildman–Crippen LogP) is 1.66. The summed E-state index contributed by atoms with van der Waals surface area (Å²) in [4.78, 5) is 10.3. The number of benzene rings is 1. The van der Waals surface area contributed by atoms with Crippen LogP contribution in [0, 0.1) is 10.1 Å². The van der Waals surface area contributed by atoms with Crippen molar-refractivity contribution in [2.45, 2.75) is 18.9 Å². The van der Waals surface area contributed by atoms with Gasteiger partial charge in [0.15, 0.2) is 0 Å². The minimum atomic E-state index is -0.574. The van der Waals surface area contributed by atoms with E-state index in [2.05, 4.69) is 0 Å². The molecule has 4 nitrogen and oxygen atoms in total. The van der Waals surface area contributed by atoms with Gasteiger partial charge in [-0.2, -0.15) is 0 Å². The molecule has 1 aliphatic carbocycles. The first kappa shape index (κ1) is 8.04. The van der Waals surface area contributed by atoms with Gasteiger partial charge in [0, 0.05) is 16.9 Å². The zero-order valence-corrected chi connectivity index (χ0v) is 6.93. The van der Waals surface area contributed by atoms with Crippen LogP contribution in [-0.2, 0) is 6.42 Å². The summed E-state index contributed by atoms with van der Waals surface area (Å²) in [6.07, 6.45) is 1.24. The van der Waals surface area contributed by atoms with Crippen LogP contribution in [-0.4, -0.2) is 10.0 Å². The summed E-state index contributed by atoms with van der Waals surface area (Å²) in [7, 11) is 0. The van der Waals surface area contributed by atoms with E-state index in [9.17, 15) is 10.1 Å². The van der Waals surface area contributed by atoms with Crippen LogP contribution in [0.2, 0.25) is 0 Å². The number of aryl methyl sites for hydroxylation is 1. The zero-order chi connectivity index (χ0) is 9.42. The molecule has 2 rings (SSSR count). The molecule has 1 unspecified atom stereocenters.